The minimum atomic E-state index is 0.0964. The molecular formula is C7H11NO2. The normalized spacial score (nSPS) is 28.6. The molecule has 0 N–H and O–H groups in total. The minimum absolute atomic E-state index is 0.0964. The van der Waals surface area contributed by atoms with Gasteiger partial charge in [-0.25, -0.2) is 0 Å². The van der Waals surface area contributed by atoms with Crippen LogP contribution in [0.25, 0.3) is 0 Å². The fourth-order valence-electron chi connectivity index (χ4n) is 1.41. The van der Waals surface area contributed by atoms with Crippen LogP contribution in [0.3, 0.4) is 0 Å². The highest BCUT2D eigenvalue weighted by molar-refractivity contribution is 5.47. The molecule has 1 spiro atoms. The smallest absolute Gasteiger partial charge is 0.209 e. The number of morpholine rings is 1. The molecule has 56 valence electrons. The summed E-state index contributed by atoms with van der Waals surface area (Å²) in [5.41, 5.74) is 0.0964. The van der Waals surface area contributed by atoms with Gasteiger partial charge in [-0.1, -0.05) is 0 Å². The summed E-state index contributed by atoms with van der Waals surface area (Å²) < 4.78 is 5.51. The monoisotopic (exact) mass is 141 g/mol. The van der Waals surface area contributed by atoms with E-state index in [2.05, 4.69) is 0 Å². The zero-order valence-electron chi connectivity index (χ0n) is 5.88. The molecule has 0 unspecified atom stereocenters. The molecule has 1 saturated carbocycles. The Morgan fingerprint density at radius 1 is 1.50 bits per heavy atom. The molecule has 2 aliphatic rings. The molecule has 2 fully saturated rings. The molecule has 1 aliphatic heterocycles. The van der Waals surface area contributed by atoms with Gasteiger partial charge in [-0.2, -0.15) is 0 Å². The summed E-state index contributed by atoms with van der Waals surface area (Å²) in [6, 6.07) is 0. The van der Waals surface area contributed by atoms with Crippen molar-refractivity contribution in [2.75, 3.05) is 19.7 Å². The van der Waals surface area contributed by atoms with Crippen molar-refractivity contribution in [3.63, 3.8) is 0 Å². The fraction of sp³-hybridized carbons (Fsp3) is 0.857. The van der Waals surface area contributed by atoms with Crippen LogP contribution in [-0.4, -0.2) is 36.6 Å². The summed E-state index contributed by atoms with van der Waals surface area (Å²) >= 11 is 0. The van der Waals surface area contributed by atoms with E-state index in [4.69, 9.17) is 4.74 Å². The van der Waals surface area contributed by atoms with Crippen molar-refractivity contribution in [3.05, 3.63) is 0 Å². The first kappa shape index (κ1) is 6.16. The molecule has 1 heterocycles. The predicted octanol–water partition coefficient (Wildman–Crippen LogP) is 0.00760. The van der Waals surface area contributed by atoms with Gasteiger partial charge in [0, 0.05) is 13.1 Å². The summed E-state index contributed by atoms with van der Waals surface area (Å²) in [6.07, 6.45) is 3.19. The van der Waals surface area contributed by atoms with Gasteiger partial charge < -0.3 is 9.64 Å². The lowest BCUT2D eigenvalue weighted by atomic mass is 10.3. The van der Waals surface area contributed by atoms with E-state index in [1.165, 1.54) is 0 Å². The van der Waals surface area contributed by atoms with E-state index in [9.17, 15) is 4.79 Å². The predicted molar refractivity (Wildman–Crippen MR) is 35.6 cm³/mol. The van der Waals surface area contributed by atoms with Gasteiger partial charge in [-0.3, -0.25) is 4.79 Å². The summed E-state index contributed by atoms with van der Waals surface area (Å²) in [5, 5.41) is 0. The zero-order chi connectivity index (χ0) is 7.03. The third kappa shape index (κ3) is 0.904. The molecule has 0 bridgehead atoms. The molecule has 2 rings (SSSR count). The van der Waals surface area contributed by atoms with Crippen molar-refractivity contribution in [2.45, 2.75) is 18.4 Å². The van der Waals surface area contributed by atoms with E-state index in [1.807, 2.05) is 0 Å². The zero-order valence-corrected chi connectivity index (χ0v) is 5.88. The van der Waals surface area contributed by atoms with E-state index in [1.54, 1.807) is 4.90 Å². The van der Waals surface area contributed by atoms with Gasteiger partial charge >= 0.3 is 0 Å². The molecule has 0 atom stereocenters. The Hall–Kier alpha value is -0.570. The number of nitrogens with zero attached hydrogens (tertiary/aromatic N) is 1. The summed E-state index contributed by atoms with van der Waals surface area (Å²) in [7, 11) is 0. The molecule has 3 heteroatoms. The van der Waals surface area contributed by atoms with Crippen LogP contribution in [0.2, 0.25) is 0 Å². The van der Waals surface area contributed by atoms with Crippen LogP contribution in [-0.2, 0) is 9.53 Å². The molecule has 0 aromatic rings. The van der Waals surface area contributed by atoms with Gasteiger partial charge in [0.15, 0.2) is 0 Å². The van der Waals surface area contributed by atoms with Crippen molar-refractivity contribution in [1.82, 2.24) is 4.90 Å². The Morgan fingerprint density at radius 3 is 2.90 bits per heavy atom. The molecule has 3 nitrogen and oxygen atoms in total. The van der Waals surface area contributed by atoms with Gasteiger partial charge in [0.05, 0.1) is 12.2 Å². The van der Waals surface area contributed by atoms with Crippen molar-refractivity contribution in [1.29, 1.82) is 0 Å². The SMILES string of the molecule is O=CN1CCOC2(CC2)C1. The second-order valence-electron chi connectivity index (χ2n) is 3.11. The minimum Gasteiger partial charge on any atom is -0.371 e. The van der Waals surface area contributed by atoms with Crippen molar-refractivity contribution in [3.8, 4) is 0 Å². The molecular weight excluding hydrogens is 130 g/mol. The van der Waals surface area contributed by atoms with Crippen LogP contribution in [0.5, 0.6) is 0 Å². The lowest BCUT2D eigenvalue weighted by molar-refractivity contribution is -0.127. The highest BCUT2D eigenvalue weighted by Crippen LogP contribution is 2.41. The van der Waals surface area contributed by atoms with Crippen LogP contribution in [0, 0.1) is 0 Å². The fourth-order valence-corrected chi connectivity index (χ4v) is 1.41. The number of hydrogen-bond donors (Lipinski definition) is 0. The van der Waals surface area contributed by atoms with Gasteiger partial charge in [0.1, 0.15) is 0 Å². The maximum Gasteiger partial charge on any atom is 0.209 e. The van der Waals surface area contributed by atoms with Crippen LogP contribution in [0.15, 0.2) is 0 Å². The molecule has 1 amide bonds. The Bertz CT molecular complexity index is 154. The van der Waals surface area contributed by atoms with Crippen molar-refractivity contribution < 1.29 is 9.53 Å². The van der Waals surface area contributed by atoms with Crippen LogP contribution < -0.4 is 0 Å². The van der Waals surface area contributed by atoms with Gasteiger partial charge in [-0.15, -0.1) is 0 Å². The maximum atomic E-state index is 10.3. The quantitative estimate of drug-likeness (QED) is 0.481. The van der Waals surface area contributed by atoms with Crippen LogP contribution >= 0.6 is 0 Å². The number of rotatable bonds is 1. The van der Waals surface area contributed by atoms with E-state index < -0.39 is 0 Å². The lowest BCUT2D eigenvalue weighted by Crippen LogP contribution is -2.42. The molecule has 1 aliphatic carbocycles. The van der Waals surface area contributed by atoms with E-state index in [-0.39, 0.29) is 5.60 Å². The number of hydrogen-bond acceptors (Lipinski definition) is 2. The Kier molecular flexibility index (Phi) is 1.20. The first-order valence-corrected chi connectivity index (χ1v) is 3.68. The first-order valence-electron chi connectivity index (χ1n) is 3.68. The Morgan fingerprint density at radius 2 is 2.30 bits per heavy atom. The molecule has 0 aromatic carbocycles. The average Bonchev–Trinajstić information content (AvgIpc) is 2.70. The number of ether oxygens (including phenoxy) is 1. The molecule has 1 saturated heterocycles. The highest BCUT2D eigenvalue weighted by atomic mass is 16.5. The Labute approximate surface area is 60.0 Å². The largest absolute Gasteiger partial charge is 0.371 e. The average molecular weight is 141 g/mol. The van der Waals surface area contributed by atoms with Crippen molar-refractivity contribution in [2.24, 2.45) is 0 Å². The number of amides is 1. The second-order valence-corrected chi connectivity index (χ2v) is 3.11. The van der Waals surface area contributed by atoms with E-state index in [0.29, 0.717) is 0 Å². The lowest BCUT2D eigenvalue weighted by Gasteiger charge is -2.30. The molecule has 0 radical (unpaired) electrons. The van der Waals surface area contributed by atoms with E-state index in [0.717, 1.165) is 38.9 Å². The summed E-state index contributed by atoms with van der Waals surface area (Å²) in [5.74, 6) is 0. The van der Waals surface area contributed by atoms with Crippen LogP contribution in [0.1, 0.15) is 12.8 Å². The third-order valence-corrected chi connectivity index (χ3v) is 2.23. The van der Waals surface area contributed by atoms with Gasteiger partial charge in [-0.05, 0) is 12.8 Å². The third-order valence-electron chi connectivity index (χ3n) is 2.23. The number of carbonyl (C=O) groups excluding carboxylic acids is 1. The standard InChI is InChI=1S/C7H11NO2/c9-6-8-3-4-10-7(5-8)1-2-7/h6H,1-5H2. The molecule has 0 aromatic heterocycles. The first-order chi connectivity index (χ1) is 4.85. The summed E-state index contributed by atoms with van der Waals surface area (Å²) in [4.78, 5) is 12.1. The topological polar surface area (TPSA) is 29.5 Å². The number of carbonyl (C=O) groups is 1. The Balaban J connectivity index is 1.97. The summed E-state index contributed by atoms with van der Waals surface area (Å²) in [6.45, 7) is 2.31. The van der Waals surface area contributed by atoms with Gasteiger partial charge in [0.2, 0.25) is 6.41 Å². The second kappa shape index (κ2) is 1.95. The van der Waals surface area contributed by atoms with Crippen LogP contribution in [0.4, 0.5) is 0 Å². The highest BCUT2D eigenvalue weighted by Gasteiger charge is 2.47. The van der Waals surface area contributed by atoms with Crippen molar-refractivity contribution >= 4 is 6.41 Å². The van der Waals surface area contributed by atoms with Gasteiger partial charge in [0.25, 0.3) is 0 Å². The maximum absolute atomic E-state index is 10.3. The molecule has 10 heavy (non-hydrogen) atoms. The van der Waals surface area contributed by atoms with E-state index >= 15 is 0 Å².